The molecule has 89 heavy (non-hydrogen) atoms. The summed E-state index contributed by atoms with van der Waals surface area (Å²) in [6.45, 7) is 1.85. The van der Waals surface area contributed by atoms with Crippen LogP contribution in [0.2, 0.25) is 0 Å². The number of furan rings is 1. The van der Waals surface area contributed by atoms with Gasteiger partial charge in [-0.05, 0) is 121 Å². The highest BCUT2D eigenvalue weighted by Crippen LogP contribution is 2.36. The highest BCUT2D eigenvalue weighted by atomic mass is 32.2. The van der Waals surface area contributed by atoms with Crippen molar-refractivity contribution < 1.29 is 88.9 Å². The summed E-state index contributed by atoms with van der Waals surface area (Å²) < 4.78 is 95.0. The molecule has 4 aliphatic rings. The minimum atomic E-state index is -4.35. The van der Waals surface area contributed by atoms with Crippen molar-refractivity contribution in [1.82, 2.24) is 39.2 Å². The SMILES string of the molecule is COc1ccc(S(=O)(=O)N(Cc2ccc3c(c2)OCO3)C(CCC(=O)N2CCN(C(=O)c3ccccc3)CC2)C(=O)NO)cc1.COc1ccc(S(=O)(=O)N(Cc2ccc3c(c2)OCO3)C(CCC(=O)N2CCN(C(=O)c3ccco3)CC2)C(=O)NO)cc1. The van der Waals surface area contributed by atoms with E-state index in [1.165, 1.54) is 69.0 Å². The molecule has 2 unspecified atom stereocenters. The molecule has 5 aromatic carbocycles. The number of hydrogen-bond donors (Lipinski definition) is 4. The lowest BCUT2D eigenvalue weighted by atomic mass is 10.1. The van der Waals surface area contributed by atoms with E-state index in [-0.39, 0.29) is 118 Å². The molecule has 0 spiro atoms. The third kappa shape index (κ3) is 15.4. The molecule has 2 atom stereocenters. The predicted molar refractivity (Wildman–Crippen MR) is 313 cm³/mol. The highest BCUT2D eigenvalue weighted by Gasteiger charge is 2.40. The Balaban J connectivity index is 0.000000211. The Bertz CT molecular complexity index is 3700. The van der Waals surface area contributed by atoms with Crippen LogP contribution in [0.25, 0.3) is 0 Å². The zero-order valence-corrected chi connectivity index (χ0v) is 50.1. The molecule has 4 aliphatic heterocycles. The largest absolute Gasteiger partial charge is 0.497 e. The Morgan fingerprint density at radius 1 is 0.506 bits per heavy atom. The van der Waals surface area contributed by atoms with E-state index in [4.69, 9.17) is 32.8 Å². The van der Waals surface area contributed by atoms with Crippen molar-refractivity contribution >= 4 is 55.5 Å². The lowest BCUT2D eigenvalue weighted by molar-refractivity contribution is -0.137. The fourth-order valence-electron chi connectivity index (χ4n) is 10.4. The Hall–Kier alpha value is -9.26. The molecule has 1 aromatic heterocycles. The smallest absolute Gasteiger partial charge is 0.289 e. The van der Waals surface area contributed by atoms with E-state index >= 15 is 0 Å². The number of nitrogens with one attached hydrogen (secondary N) is 2. The number of hydroxylamine groups is 2. The maximum Gasteiger partial charge on any atom is 0.289 e. The minimum Gasteiger partial charge on any atom is -0.497 e. The number of amides is 6. The number of ether oxygens (including phenoxy) is 6. The van der Waals surface area contributed by atoms with Gasteiger partial charge >= 0.3 is 0 Å². The van der Waals surface area contributed by atoms with Crippen LogP contribution in [-0.4, -0.2) is 183 Å². The van der Waals surface area contributed by atoms with Gasteiger partial charge in [-0.1, -0.05) is 30.3 Å². The van der Waals surface area contributed by atoms with Crippen LogP contribution < -0.4 is 39.4 Å². The number of sulfonamides is 2. The van der Waals surface area contributed by atoms with E-state index in [2.05, 4.69) is 0 Å². The molecule has 10 rings (SSSR count). The highest BCUT2D eigenvalue weighted by molar-refractivity contribution is 7.89. The topological polar surface area (TPSA) is 323 Å². The Labute approximate surface area is 512 Å². The van der Waals surface area contributed by atoms with Gasteiger partial charge in [0.1, 0.15) is 23.6 Å². The van der Waals surface area contributed by atoms with Gasteiger partial charge in [0.15, 0.2) is 28.8 Å². The van der Waals surface area contributed by atoms with Crippen LogP contribution >= 0.6 is 0 Å². The van der Waals surface area contributed by atoms with Crippen LogP contribution in [0.5, 0.6) is 34.5 Å². The first-order valence-electron chi connectivity index (χ1n) is 28.1. The average molecular weight is 1270 g/mol. The number of carbonyl (C=O) groups excluding carboxylic acids is 6. The third-order valence-corrected chi connectivity index (χ3v) is 19.0. The molecule has 5 heterocycles. The average Bonchev–Trinajstić information content (AvgIpc) is 1.41. The fraction of sp³-hybridized carbons (Fsp3) is 0.333. The van der Waals surface area contributed by atoms with E-state index in [1.54, 1.807) is 103 Å². The minimum absolute atomic E-state index is 0.0234. The molecular weight excluding hydrogens is 1200 g/mol. The van der Waals surface area contributed by atoms with E-state index in [0.29, 0.717) is 77.4 Å². The monoisotopic (exact) mass is 1270 g/mol. The van der Waals surface area contributed by atoms with E-state index in [0.717, 1.165) is 8.61 Å². The molecule has 6 aromatic rings. The van der Waals surface area contributed by atoms with Gasteiger partial charge in [-0.2, -0.15) is 8.61 Å². The van der Waals surface area contributed by atoms with Crippen molar-refractivity contribution in [3.63, 3.8) is 0 Å². The summed E-state index contributed by atoms with van der Waals surface area (Å²) in [7, 11) is -5.79. The van der Waals surface area contributed by atoms with Crippen LogP contribution in [0.1, 0.15) is 57.7 Å². The molecule has 4 N–H and O–H groups in total. The van der Waals surface area contributed by atoms with E-state index < -0.39 is 43.9 Å². The Morgan fingerprint density at radius 2 is 0.910 bits per heavy atom. The predicted octanol–water partition coefficient (Wildman–Crippen LogP) is 4.10. The zero-order valence-electron chi connectivity index (χ0n) is 48.5. The van der Waals surface area contributed by atoms with Crippen molar-refractivity contribution in [2.45, 2.75) is 60.6 Å². The molecule has 0 radical (unpaired) electrons. The summed E-state index contributed by atoms with van der Waals surface area (Å²) in [6.07, 6.45) is 0.599. The Kier molecular flexibility index (Phi) is 21.0. The summed E-state index contributed by atoms with van der Waals surface area (Å²) in [6, 6.07) is 30.3. The van der Waals surface area contributed by atoms with Crippen molar-refractivity contribution in [3.05, 3.63) is 156 Å². The summed E-state index contributed by atoms with van der Waals surface area (Å²) in [5.41, 5.74) is 4.69. The molecule has 0 bridgehead atoms. The zero-order chi connectivity index (χ0) is 63.2. The first-order chi connectivity index (χ1) is 42.9. The second-order valence-electron chi connectivity index (χ2n) is 20.6. The normalized spacial score (nSPS) is 15.2. The lowest BCUT2D eigenvalue weighted by Crippen LogP contribution is -2.51. The standard InChI is InChI=1S/C31H34N4O9S.C29H32N4O10S/c1-42-24-8-10-25(11-9-24)45(40,41)35(20-22-7-13-27-28(19-22)44-21-43-27)26(30(37)32-39)12-14-29(36)33-15-17-34(18-16-33)31(38)23-5-3-2-4-6-23;1-40-21-5-7-22(8-6-21)44(38,39)33(18-20-4-10-24-26(17-20)43-19-42-24)23(28(35)30-37)9-11-27(34)31-12-14-32(15-13-31)29(36)25-3-2-16-41-25/h2-11,13,19,26,39H,12,14-18,20-21H2,1H3,(H,32,37);2-8,10,16-17,23,37H,9,11-15,18-19H2,1H3,(H,30,35). The molecule has 2 saturated heterocycles. The first kappa shape index (κ1) is 64.2. The van der Waals surface area contributed by atoms with Gasteiger partial charge in [-0.15, -0.1) is 0 Å². The molecule has 29 heteroatoms. The van der Waals surface area contributed by atoms with Crippen molar-refractivity contribution in [3.8, 4) is 34.5 Å². The number of benzene rings is 5. The molecule has 2 fully saturated rings. The molecule has 27 nitrogen and oxygen atoms in total. The fourth-order valence-corrected chi connectivity index (χ4v) is 13.6. The molecule has 0 saturated carbocycles. The molecular formula is C60H66N8O19S2. The quantitative estimate of drug-likeness (QED) is 0.0549. The van der Waals surface area contributed by atoms with Gasteiger partial charge in [0.2, 0.25) is 45.4 Å². The van der Waals surface area contributed by atoms with Gasteiger partial charge in [-0.25, -0.2) is 27.8 Å². The number of rotatable bonds is 22. The number of carbonyl (C=O) groups is 6. The van der Waals surface area contributed by atoms with E-state index in [1.807, 2.05) is 6.07 Å². The lowest BCUT2D eigenvalue weighted by Gasteiger charge is -2.35. The molecule has 6 amide bonds. The van der Waals surface area contributed by atoms with Gasteiger partial charge in [0.25, 0.3) is 23.6 Å². The maximum absolute atomic E-state index is 14.0. The number of piperazine rings is 2. The third-order valence-electron chi connectivity index (χ3n) is 15.3. The number of fused-ring (bicyclic) bond motifs is 2. The molecule has 472 valence electrons. The van der Waals surface area contributed by atoms with Crippen LogP contribution in [0.3, 0.4) is 0 Å². The second kappa shape index (κ2) is 29.2. The summed E-state index contributed by atoms with van der Waals surface area (Å²) in [4.78, 5) is 84.1. The molecule has 0 aliphatic carbocycles. The first-order valence-corrected chi connectivity index (χ1v) is 31.0. The maximum atomic E-state index is 14.0. The van der Waals surface area contributed by atoms with Crippen LogP contribution in [0.15, 0.2) is 148 Å². The summed E-state index contributed by atoms with van der Waals surface area (Å²) >= 11 is 0. The summed E-state index contributed by atoms with van der Waals surface area (Å²) in [5.74, 6) is -0.0576. The van der Waals surface area contributed by atoms with Crippen LogP contribution in [0, 0.1) is 0 Å². The number of hydrogen-bond acceptors (Lipinski definition) is 19. The van der Waals surface area contributed by atoms with Crippen LogP contribution in [0.4, 0.5) is 0 Å². The Morgan fingerprint density at radius 3 is 1.30 bits per heavy atom. The van der Waals surface area contributed by atoms with Crippen molar-refractivity contribution in [2.24, 2.45) is 0 Å². The van der Waals surface area contributed by atoms with E-state index in [9.17, 15) is 56.0 Å². The van der Waals surface area contributed by atoms with Crippen molar-refractivity contribution in [1.29, 1.82) is 0 Å². The van der Waals surface area contributed by atoms with Crippen molar-refractivity contribution in [2.75, 3.05) is 80.2 Å². The number of methoxy groups -OCH3 is 2. The summed E-state index contributed by atoms with van der Waals surface area (Å²) in [5, 5.41) is 19.2. The van der Waals surface area contributed by atoms with Gasteiger partial charge in [0, 0.05) is 83.9 Å². The van der Waals surface area contributed by atoms with Crippen LogP contribution in [-0.2, 0) is 52.3 Å². The second-order valence-corrected chi connectivity index (χ2v) is 24.4. The van der Waals surface area contributed by atoms with Gasteiger partial charge in [-0.3, -0.25) is 39.2 Å². The van der Waals surface area contributed by atoms with Gasteiger partial charge < -0.3 is 52.4 Å². The number of nitrogens with zero attached hydrogens (tertiary/aromatic N) is 6. The van der Waals surface area contributed by atoms with Gasteiger partial charge in [0.05, 0.1) is 30.3 Å².